The monoisotopic (exact) mass is 315 g/mol. The van der Waals surface area contributed by atoms with Gasteiger partial charge >= 0.3 is 0 Å². The molecule has 1 aromatic heterocycles. The number of amides is 1. The fourth-order valence-electron chi connectivity index (χ4n) is 2.81. The second kappa shape index (κ2) is 10.0. The summed E-state index contributed by atoms with van der Waals surface area (Å²) in [6.07, 6.45) is 13.3. The molecule has 23 heavy (non-hydrogen) atoms. The van der Waals surface area contributed by atoms with Gasteiger partial charge in [-0.2, -0.15) is 0 Å². The van der Waals surface area contributed by atoms with Crippen molar-refractivity contribution in [3.05, 3.63) is 30.1 Å². The lowest BCUT2D eigenvalue weighted by molar-refractivity contribution is 0.0953. The van der Waals surface area contributed by atoms with Gasteiger partial charge < -0.3 is 10.3 Å². The first-order valence-corrected chi connectivity index (χ1v) is 9.02. The molecule has 0 saturated heterocycles. The smallest absolute Gasteiger partial charge is 0.251 e. The van der Waals surface area contributed by atoms with Crippen molar-refractivity contribution in [1.82, 2.24) is 15.3 Å². The molecule has 2 rings (SSSR count). The molecule has 0 fully saturated rings. The Bertz CT molecular complexity index is 591. The summed E-state index contributed by atoms with van der Waals surface area (Å²) in [5, 5.41) is 3.00. The topological polar surface area (TPSA) is 57.8 Å². The Balaban J connectivity index is 1.54. The van der Waals surface area contributed by atoms with Crippen LogP contribution in [0.5, 0.6) is 0 Å². The van der Waals surface area contributed by atoms with Gasteiger partial charge in [0.1, 0.15) is 0 Å². The first kappa shape index (κ1) is 17.5. The highest BCUT2D eigenvalue weighted by Gasteiger charge is 2.06. The van der Waals surface area contributed by atoms with Crippen LogP contribution in [0.25, 0.3) is 11.0 Å². The molecule has 2 aromatic rings. The number of nitrogens with one attached hydrogen (secondary N) is 2. The van der Waals surface area contributed by atoms with Crippen LogP contribution in [0.4, 0.5) is 0 Å². The highest BCUT2D eigenvalue weighted by Crippen LogP contribution is 2.12. The summed E-state index contributed by atoms with van der Waals surface area (Å²) in [5.74, 6) is -0.00512. The van der Waals surface area contributed by atoms with Gasteiger partial charge in [-0.1, -0.05) is 58.3 Å². The fraction of sp³-hybridized carbons (Fsp3) is 0.579. The number of rotatable bonds is 11. The number of carbonyl (C=O) groups is 1. The minimum Gasteiger partial charge on any atom is -0.352 e. The Kier molecular flexibility index (Phi) is 7.64. The van der Waals surface area contributed by atoms with E-state index in [0.717, 1.165) is 24.0 Å². The van der Waals surface area contributed by atoms with Gasteiger partial charge in [0, 0.05) is 12.1 Å². The summed E-state index contributed by atoms with van der Waals surface area (Å²) in [6.45, 7) is 3.01. The Labute approximate surface area is 139 Å². The van der Waals surface area contributed by atoms with Crippen LogP contribution in [0.2, 0.25) is 0 Å². The van der Waals surface area contributed by atoms with Gasteiger partial charge in [0.2, 0.25) is 0 Å². The maximum absolute atomic E-state index is 12.1. The van der Waals surface area contributed by atoms with Gasteiger partial charge in [-0.3, -0.25) is 4.79 Å². The minimum absolute atomic E-state index is 0.00512. The summed E-state index contributed by atoms with van der Waals surface area (Å²) < 4.78 is 0. The van der Waals surface area contributed by atoms with Crippen molar-refractivity contribution in [2.24, 2.45) is 0 Å². The second-order valence-electron chi connectivity index (χ2n) is 6.22. The van der Waals surface area contributed by atoms with E-state index >= 15 is 0 Å². The number of imidazole rings is 1. The zero-order valence-electron chi connectivity index (χ0n) is 14.2. The maximum Gasteiger partial charge on any atom is 0.251 e. The molecule has 0 atom stereocenters. The first-order valence-electron chi connectivity index (χ1n) is 9.02. The number of H-pyrrole nitrogens is 1. The molecule has 0 spiro atoms. The Morgan fingerprint density at radius 1 is 1.04 bits per heavy atom. The molecular weight excluding hydrogens is 286 g/mol. The highest BCUT2D eigenvalue weighted by molar-refractivity contribution is 5.97. The van der Waals surface area contributed by atoms with Gasteiger partial charge in [0.25, 0.3) is 5.91 Å². The zero-order valence-corrected chi connectivity index (χ0v) is 14.2. The fourth-order valence-corrected chi connectivity index (χ4v) is 2.81. The molecule has 0 bridgehead atoms. The van der Waals surface area contributed by atoms with Crippen molar-refractivity contribution in [2.45, 2.75) is 64.7 Å². The minimum atomic E-state index is -0.00512. The molecule has 0 aliphatic rings. The van der Waals surface area contributed by atoms with Crippen LogP contribution in [-0.4, -0.2) is 22.4 Å². The molecule has 1 heterocycles. The summed E-state index contributed by atoms with van der Waals surface area (Å²) in [6, 6.07) is 5.57. The molecule has 4 heteroatoms. The van der Waals surface area contributed by atoms with Crippen LogP contribution in [0.3, 0.4) is 0 Å². The van der Waals surface area contributed by atoms with E-state index in [1.807, 2.05) is 18.2 Å². The van der Waals surface area contributed by atoms with E-state index in [0.29, 0.717) is 5.56 Å². The number of hydrogen-bond acceptors (Lipinski definition) is 2. The van der Waals surface area contributed by atoms with Gasteiger partial charge in [-0.25, -0.2) is 4.98 Å². The quantitative estimate of drug-likeness (QED) is 0.584. The van der Waals surface area contributed by atoms with Crippen LogP contribution in [0.15, 0.2) is 24.5 Å². The number of benzene rings is 1. The SMILES string of the molecule is CCCCCCCCCCCNC(=O)c1ccc2[nH]cnc2c1. The van der Waals surface area contributed by atoms with E-state index in [2.05, 4.69) is 22.2 Å². The van der Waals surface area contributed by atoms with Gasteiger partial charge in [-0.05, 0) is 24.6 Å². The predicted molar refractivity (Wildman–Crippen MR) is 95.7 cm³/mol. The van der Waals surface area contributed by atoms with Crippen molar-refractivity contribution < 1.29 is 4.79 Å². The predicted octanol–water partition coefficient (Wildman–Crippen LogP) is 4.82. The van der Waals surface area contributed by atoms with Crippen LogP contribution in [0.1, 0.15) is 75.1 Å². The van der Waals surface area contributed by atoms with Gasteiger partial charge in [-0.15, -0.1) is 0 Å². The molecule has 0 saturated carbocycles. The van der Waals surface area contributed by atoms with Crippen molar-refractivity contribution in [1.29, 1.82) is 0 Å². The number of nitrogens with zero attached hydrogens (tertiary/aromatic N) is 1. The largest absolute Gasteiger partial charge is 0.352 e. The third kappa shape index (κ3) is 6.05. The molecule has 1 amide bonds. The van der Waals surface area contributed by atoms with Crippen molar-refractivity contribution in [2.75, 3.05) is 6.54 Å². The lowest BCUT2D eigenvalue weighted by Gasteiger charge is -2.05. The summed E-state index contributed by atoms with van der Waals surface area (Å²) in [4.78, 5) is 19.3. The molecule has 2 N–H and O–H groups in total. The molecule has 0 unspecified atom stereocenters. The van der Waals surface area contributed by atoms with Crippen LogP contribution in [-0.2, 0) is 0 Å². The summed E-state index contributed by atoms with van der Waals surface area (Å²) in [5.41, 5.74) is 2.47. The van der Waals surface area contributed by atoms with E-state index in [9.17, 15) is 4.79 Å². The number of carbonyl (C=O) groups excluding carboxylic acids is 1. The number of aromatic nitrogens is 2. The van der Waals surface area contributed by atoms with Crippen molar-refractivity contribution >= 4 is 16.9 Å². The lowest BCUT2D eigenvalue weighted by atomic mass is 10.1. The van der Waals surface area contributed by atoms with Crippen molar-refractivity contribution in [3.8, 4) is 0 Å². The van der Waals surface area contributed by atoms with E-state index in [1.165, 1.54) is 51.4 Å². The Morgan fingerprint density at radius 3 is 2.48 bits per heavy atom. The molecule has 0 radical (unpaired) electrons. The van der Waals surface area contributed by atoms with Gasteiger partial charge in [0.15, 0.2) is 0 Å². The van der Waals surface area contributed by atoms with Gasteiger partial charge in [0.05, 0.1) is 17.4 Å². The van der Waals surface area contributed by atoms with Crippen LogP contribution >= 0.6 is 0 Å². The second-order valence-corrected chi connectivity index (χ2v) is 6.22. The number of aromatic amines is 1. The zero-order chi connectivity index (χ0) is 16.3. The lowest BCUT2D eigenvalue weighted by Crippen LogP contribution is -2.24. The summed E-state index contributed by atoms with van der Waals surface area (Å²) in [7, 11) is 0. The summed E-state index contributed by atoms with van der Waals surface area (Å²) >= 11 is 0. The number of unbranched alkanes of at least 4 members (excludes halogenated alkanes) is 8. The van der Waals surface area contributed by atoms with E-state index < -0.39 is 0 Å². The average Bonchev–Trinajstić information content (AvgIpc) is 3.04. The van der Waals surface area contributed by atoms with Crippen LogP contribution in [0, 0.1) is 0 Å². The molecule has 0 aliphatic heterocycles. The first-order chi connectivity index (χ1) is 11.3. The van der Waals surface area contributed by atoms with Crippen molar-refractivity contribution in [3.63, 3.8) is 0 Å². The van der Waals surface area contributed by atoms with E-state index in [1.54, 1.807) is 6.33 Å². The average molecular weight is 315 g/mol. The molecule has 126 valence electrons. The maximum atomic E-state index is 12.1. The van der Waals surface area contributed by atoms with Crippen LogP contribution < -0.4 is 5.32 Å². The van der Waals surface area contributed by atoms with E-state index in [-0.39, 0.29) is 5.91 Å². The van der Waals surface area contributed by atoms with E-state index in [4.69, 9.17) is 0 Å². The Hall–Kier alpha value is -1.84. The molecule has 4 nitrogen and oxygen atoms in total. The standard InChI is InChI=1S/C19H29N3O/c1-2-3-4-5-6-7-8-9-10-13-20-19(23)16-11-12-17-18(14-16)22-15-21-17/h11-12,14-15H,2-10,13H2,1H3,(H,20,23)(H,21,22). The molecular formula is C19H29N3O. The number of hydrogen-bond donors (Lipinski definition) is 2. The Morgan fingerprint density at radius 2 is 1.74 bits per heavy atom. The highest BCUT2D eigenvalue weighted by atomic mass is 16.1. The molecule has 1 aromatic carbocycles. The number of fused-ring (bicyclic) bond motifs is 1. The third-order valence-electron chi connectivity index (χ3n) is 4.25. The normalized spacial score (nSPS) is 11.0. The molecule has 0 aliphatic carbocycles. The third-order valence-corrected chi connectivity index (χ3v) is 4.25.